The van der Waals surface area contributed by atoms with Crippen molar-refractivity contribution in [1.82, 2.24) is 0 Å². The van der Waals surface area contributed by atoms with Crippen molar-refractivity contribution in [3.8, 4) is 17.2 Å². The van der Waals surface area contributed by atoms with Gasteiger partial charge in [0.2, 0.25) is 0 Å². The van der Waals surface area contributed by atoms with Crippen molar-refractivity contribution in [2.24, 2.45) is 0 Å². The molecular weight excluding hydrogens is 364 g/mol. The highest BCUT2D eigenvalue weighted by molar-refractivity contribution is 6.08. The Morgan fingerprint density at radius 2 is 1.62 bits per heavy atom. The lowest BCUT2D eigenvalue weighted by molar-refractivity contribution is 0.104. The average molecular weight is 392 g/mol. The summed E-state index contributed by atoms with van der Waals surface area (Å²) >= 11 is 0. The summed E-state index contributed by atoms with van der Waals surface area (Å²) in [6, 6.07) is 9.19. The summed E-state index contributed by atoms with van der Waals surface area (Å²) in [4.78, 5) is 12.5. The Bertz CT molecular complexity index is 944. The maximum atomic E-state index is 12.5. The van der Waals surface area contributed by atoms with Crippen LogP contribution >= 0.6 is 0 Å². The standard InChI is InChI=1S/C25H28O4/c1-17(2)5-4-6-18(3)7-11-20-15-22(25(29)16-24(20)28)23(27)14-10-19-8-12-21(26)13-9-19/h5,7-10,12-16,26,28-29H,4,6,11H2,1-3H3. The molecule has 0 saturated carbocycles. The quantitative estimate of drug-likeness (QED) is 0.295. The minimum Gasteiger partial charge on any atom is -0.508 e. The normalized spacial score (nSPS) is 11.6. The van der Waals surface area contributed by atoms with E-state index in [0.717, 1.165) is 18.4 Å². The molecule has 2 aromatic rings. The third-order valence-corrected chi connectivity index (χ3v) is 4.54. The second-order valence-electron chi connectivity index (χ2n) is 7.36. The lowest BCUT2D eigenvalue weighted by Crippen LogP contribution is -1.97. The van der Waals surface area contributed by atoms with E-state index in [1.807, 2.05) is 13.0 Å². The van der Waals surface area contributed by atoms with Crippen molar-refractivity contribution in [1.29, 1.82) is 0 Å². The van der Waals surface area contributed by atoms with Crippen LogP contribution in [0.15, 0.2) is 65.8 Å². The Hall–Kier alpha value is -3.27. The molecule has 152 valence electrons. The Kier molecular flexibility index (Phi) is 7.84. The van der Waals surface area contributed by atoms with Crippen molar-refractivity contribution >= 4 is 11.9 Å². The number of carbonyl (C=O) groups excluding carboxylic acids is 1. The molecule has 0 aliphatic heterocycles. The number of allylic oxidation sites excluding steroid dienone is 5. The zero-order valence-electron chi connectivity index (χ0n) is 17.1. The van der Waals surface area contributed by atoms with Gasteiger partial charge in [0, 0.05) is 6.07 Å². The summed E-state index contributed by atoms with van der Waals surface area (Å²) in [6.45, 7) is 6.19. The highest BCUT2D eigenvalue weighted by atomic mass is 16.3. The van der Waals surface area contributed by atoms with Crippen LogP contribution in [0.1, 0.15) is 55.1 Å². The fourth-order valence-corrected chi connectivity index (χ4v) is 2.80. The van der Waals surface area contributed by atoms with Gasteiger partial charge in [-0.25, -0.2) is 0 Å². The first-order valence-corrected chi connectivity index (χ1v) is 9.61. The van der Waals surface area contributed by atoms with Crippen LogP contribution in [0.3, 0.4) is 0 Å². The first-order chi connectivity index (χ1) is 13.8. The predicted molar refractivity (Wildman–Crippen MR) is 117 cm³/mol. The van der Waals surface area contributed by atoms with Gasteiger partial charge in [-0.15, -0.1) is 0 Å². The maximum Gasteiger partial charge on any atom is 0.189 e. The number of phenols is 3. The topological polar surface area (TPSA) is 77.8 Å². The monoisotopic (exact) mass is 392 g/mol. The van der Waals surface area contributed by atoms with Crippen LogP contribution in [0, 0.1) is 0 Å². The molecule has 2 aromatic carbocycles. The Morgan fingerprint density at radius 3 is 2.28 bits per heavy atom. The smallest absolute Gasteiger partial charge is 0.189 e. The summed E-state index contributed by atoms with van der Waals surface area (Å²) < 4.78 is 0. The molecule has 0 aliphatic carbocycles. The molecule has 0 saturated heterocycles. The molecule has 4 heteroatoms. The van der Waals surface area contributed by atoms with Crippen molar-refractivity contribution in [3.05, 3.63) is 82.5 Å². The zero-order valence-corrected chi connectivity index (χ0v) is 17.1. The highest BCUT2D eigenvalue weighted by Gasteiger charge is 2.13. The number of ketones is 1. The molecule has 3 N–H and O–H groups in total. The fraction of sp³-hybridized carbons (Fsp3) is 0.240. The minimum atomic E-state index is -0.360. The molecule has 0 unspecified atom stereocenters. The molecule has 0 spiro atoms. The molecule has 0 heterocycles. The average Bonchev–Trinajstić information content (AvgIpc) is 2.66. The molecular formula is C25H28O4. The van der Waals surface area contributed by atoms with Gasteiger partial charge in [0.1, 0.15) is 17.2 Å². The number of hydrogen-bond acceptors (Lipinski definition) is 4. The fourth-order valence-electron chi connectivity index (χ4n) is 2.80. The first kappa shape index (κ1) is 22.0. The number of rotatable bonds is 8. The number of phenolic OH excluding ortho intramolecular Hbond substituents is 3. The summed E-state index contributed by atoms with van der Waals surface area (Å²) in [5, 5.41) is 29.5. The van der Waals surface area contributed by atoms with Crippen LogP contribution in [0.25, 0.3) is 6.08 Å². The molecule has 0 atom stereocenters. The van der Waals surface area contributed by atoms with E-state index in [0.29, 0.717) is 12.0 Å². The summed E-state index contributed by atoms with van der Waals surface area (Å²) in [6.07, 6.45) is 9.58. The number of benzene rings is 2. The van der Waals surface area contributed by atoms with Crippen molar-refractivity contribution in [2.45, 2.75) is 40.0 Å². The van der Waals surface area contributed by atoms with E-state index < -0.39 is 0 Å². The SMILES string of the molecule is CC(C)=CCCC(C)=CCc1cc(C(=O)C=Cc2ccc(O)cc2)c(O)cc1O. The van der Waals surface area contributed by atoms with Crippen LogP contribution in [0.2, 0.25) is 0 Å². The second-order valence-corrected chi connectivity index (χ2v) is 7.36. The van der Waals surface area contributed by atoms with Gasteiger partial charge in [-0.2, -0.15) is 0 Å². The maximum absolute atomic E-state index is 12.5. The van der Waals surface area contributed by atoms with Crippen LogP contribution < -0.4 is 0 Å². The van der Waals surface area contributed by atoms with E-state index in [1.165, 1.54) is 41.5 Å². The molecule has 0 bridgehead atoms. The van der Waals surface area contributed by atoms with Crippen LogP contribution in [-0.2, 0) is 6.42 Å². The third-order valence-electron chi connectivity index (χ3n) is 4.54. The Balaban J connectivity index is 2.14. The summed E-state index contributed by atoms with van der Waals surface area (Å²) in [5.74, 6) is -0.495. The second kappa shape index (κ2) is 10.3. The van der Waals surface area contributed by atoms with Gasteiger partial charge in [-0.05, 0) is 75.4 Å². The van der Waals surface area contributed by atoms with Crippen molar-refractivity contribution < 1.29 is 20.1 Å². The molecule has 29 heavy (non-hydrogen) atoms. The van der Waals surface area contributed by atoms with Gasteiger partial charge in [0.25, 0.3) is 0 Å². The Labute approximate surface area is 172 Å². The number of aromatic hydroxyl groups is 3. The first-order valence-electron chi connectivity index (χ1n) is 9.61. The molecule has 0 aliphatic rings. The lowest BCUT2D eigenvalue weighted by atomic mass is 10.0. The van der Waals surface area contributed by atoms with Gasteiger partial charge >= 0.3 is 0 Å². The number of hydrogen-bond donors (Lipinski definition) is 3. The van der Waals surface area contributed by atoms with Gasteiger partial charge < -0.3 is 15.3 Å². The summed E-state index contributed by atoms with van der Waals surface area (Å²) in [5.41, 5.74) is 3.98. The van der Waals surface area contributed by atoms with Gasteiger partial charge in [0.15, 0.2) is 5.78 Å². The molecule has 0 radical (unpaired) electrons. The molecule has 0 amide bonds. The minimum absolute atomic E-state index is 0.0325. The third kappa shape index (κ3) is 7.00. The molecule has 0 fully saturated rings. The van der Waals surface area contributed by atoms with Crippen LogP contribution in [-0.4, -0.2) is 21.1 Å². The van der Waals surface area contributed by atoms with Gasteiger partial charge in [0.05, 0.1) is 5.56 Å². The zero-order chi connectivity index (χ0) is 21.4. The van der Waals surface area contributed by atoms with E-state index in [4.69, 9.17) is 0 Å². The van der Waals surface area contributed by atoms with E-state index in [2.05, 4.69) is 19.9 Å². The van der Waals surface area contributed by atoms with Gasteiger partial charge in [-0.3, -0.25) is 4.79 Å². The largest absolute Gasteiger partial charge is 0.508 e. The van der Waals surface area contributed by atoms with Gasteiger partial charge in [-0.1, -0.05) is 41.5 Å². The van der Waals surface area contributed by atoms with Crippen molar-refractivity contribution in [3.63, 3.8) is 0 Å². The Morgan fingerprint density at radius 1 is 0.931 bits per heavy atom. The van der Waals surface area contributed by atoms with E-state index >= 15 is 0 Å². The van der Waals surface area contributed by atoms with E-state index in [-0.39, 0.29) is 28.6 Å². The van der Waals surface area contributed by atoms with Crippen molar-refractivity contribution in [2.75, 3.05) is 0 Å². The molecule has 4 nitrogen and oxygen atoms in total. The van der Waals surface area contributed by atoms with E-state index in [9.17, 15) is 20.1 Å². The molecule has 2 rings (SSSR count). The van der Waals surface area contributed by atoms with E-state index in [1.54, 1.807) is 18.2 Å². The predicted octanol–water partition coefficient (Wildman–Crippen LogP) is 5.93. The number of carbonyl (C=O) groups is 1. The van der Waals surface area contributed by atoms with Crippen LogP contribution in [0.5, 0.6) is 17.2 Å². The highest BCUT2D eigenvalue weighted by Crippen LogP contribution is 2.29. The lowest BCUT2D eigenvalue weighted by Gasteiger charge is -2.08. The summed E-state index contributed by atoms with van der Waals surface area (Å²) in [7, 11) is 0. The van der Waals surface area contributed by atoms with Crippen LogP contribution in [0.4, 0.5) is 0 Å². The molecule has 0 aromatic heterocycles.